The summed E-state index contributed by atoms with van der Waals surface area (Å²) < 4.78 is 42.5. The van der Waals surface area contributed by atoms with Crippen molar-refractivity contribution in [1.29, 1.82) is 0 Å². The molecule has 0 atom stereocenters. The Bertz CT molecular complexity index is 1040. The summed E-state index contributed by atoms with van der Waals surface area (Å²) in [5.74, 6) is -0.651. The molecule has 0 saturated carbocycles. The Kier molecular flexibility index (Phi) is 4.45. The molecule has 144 valence electrons. The van der Waals surface area contributed by atoms with Crippen molar-refractivity contribution >= 4 is 5.91 Å². The van der Waals surface area contributed by atoms with Gasteiger partial charge in [0.05, 0.1) is 17.4 Å². The predicted octanol–water partition coefficient (Wildman–Crippen LogP) is 4.40. The number of hydrogen-bond donors (Lipinski definition) is 0. The first-order valence-electron chi connectivity index (χ1n) is 8.93. The number of carbonyl (C=O) groups is 1. The molecular weight excluding hydrogens is 367 g/mol. The smallest absolute Gasteiger partial charge is 0.334 e. The van der Waals surface area contributed by atoms with E-state index < -0.39 is 23.3 Å². The molecule has 7 heteroatoms. The quantitative estimate of drug-likeness (QED) is 0.656. The maximum Gasteiger partial charge on any atom is 0.434 e. The van der Waals surface area contributed by atoms with E-state index in [9.17, 15) is 18.0 Å². The second kappa shape index (κ2) is 6.82. The third kappa shape index (κ3) is 3.17. The zero-order valence-electron chi connectivity index (χ0n) is 15.2. The monoisotopic (exact) mass is 385 g/mol. The number of alkyl halides is 3. The number of carbonyl (C=O) groups excluding carboxylic acids is 1. The van der Waals surface area contributed by atoms with Crippen LogP contribution in [0, 0.1) is 6.92 Å². The number of halogens is 3. The van der Waals surface area contributed by atoms with Gasteiger partial charge in [-0.1, -0.05) is 42.5 Å². The first-order chi connectivity index (χ1) is 13.4. The van der Waals surface area contributed by atoms with Crippen LogP contribution in [-0.4, -0.2) is 27.1 Å². The third-order valence-corrected chi connectivity index (χ3v) is 5.03. The molecule has 1 aromatic heterocycles. The van der Waals surface area contributed by atoms with Crippen LogP contribution in [0.5, 0.6) is 0 Å². The van der Waals surface area contributed by atoms with Crippen molar-refractivity contribution in [2.45, 2.75) is 26.1 Å². The Morgan fingerprint density at radius 3 is 2.43 bits per heavy atom. The molecule has 0 spiro atoms. The van der Waals surface area contributed by atoms with Gasteiger partial charge in [0.2, 0.25) is 0 Å². The van der Waals surface area contributed by atoms with Crippen LogP contribution < -0.4 is 0 Å². The number of rotatable bonds is 2. The molecule has 0 saturated heterocycles. The molecule has 1 aliphatic rings. The number of aryl methyl sites for hydroxylation is 1. The maximum atomic E-state index is 13.9. The van der Waals surface area contributed by atoms with Gasteiger partial charge in [0.25, 0.3) is 5.91 Å². The largest absolute Gasteiger partial charge is 0.434 e. The van der Waals surface area contributed by atoms with Gasteiger partial charge in [0.1, 0.15) is 0 Å². The fourth-order valence-electron chi connectivity index (χ4n) is 3.60. The molecule has 2 aromatic carbocycles. The molecule has 28 heavy (non-hydrogen) atoms. The molecule has 1 aliphatic heterocycles. The molecule has 3 aromatic rings. The van der Waals surface area contributed by atoms with Gasteiger partial charge in [0, 0.05) is 13.1 Å². The van der Waals surface area contributed by atoms with Crippen molar-refractivity contribution in [2.24, 2.45) is 0 Å². The number of hydrogen-bond acceptors (Lipinski definition) is 2. The maximum absolute atomic E-state index is 13.9. The summed E-state index contributed by atoms with van der Waals surface area (Å²) in [5, 5.41) is 3.92. The predicted molar refractivity (Wildman–Crippen MR) is 98.2 cm³/mol. The summed E-state index contributed by atoms with van der Waals surface area (Å²) in [6.45, 7) is 2.38. The molecule has 4 nitrogen and oxygen atoms in total. The van der Waals surface area contributed by atoms with E-state index in [1.54, 1.807) is 31.2 Å². The average Bonchev–Trinajstić information content (AvgIpc) is 3.13. The molecule has 0 fully saturated rings. The van der Waals surface area contributed by atoms with Crippen LogP contribution in [0.2, 0.25) is 0 Å². The van der Waals surface area contributed by atoms with Crippen LogP contribution in [0.1, 0.15) is 32.7 Å². The zero-order chi connectivity index (χ0) is 19.9. The summed E-state index contributed by atoms with van der Waals surface area (Å²) in [6, 6.07) is 14.3. The van der Waals surface area contributed by atoms with E-state index in [4.69, 9.17) is 0 Å². The number of para-hydroxylation sites is 1. The van der Waals surface area contributed by atoms with Crippen LogP contribution >= 0.6 is 0 Å². The highest BCUT2D eigenvalue weighted by molar-refractivity contribution is 5.95. The first kappa shape index (κ1) is 18.3. The van der Waals surface area contributed by atoms with Gasteiger partial charge in [-0.05, 0) is 36.1 Å². The van der Waals surface area contributed by atoms with E-state index in [-0.39, 0.29) is 0 Å². The van der Waals surface area contributed by atoms with Gasteiger partial charge >= 0.3 is 6.18 Å². The molecule has 0 aliphatic carbocycles. The summed E-state index contributed by atoms with van der Waals surface area (Å²) in [7, 11) is 0. The number of nitrogens with zero attached hydrogens (tertiary/aromatic N) is 3. The van der Waals surface area contributed by atoms with Crippen molar-refractivity contribution in [1.82, 2.24) is 14.7 Å². The molecule has 0 unspecified atom stereocenters. The van der Waals surface area contributed by atoms with E-state index in [2.05, 4.69) is 5.10 Å². The van der Waals surface area contributed by atoms with Gasteiger partial charge in [-0.3, -0.25) is 4.79 Å². The van der Waals surface area contributed by atoms with Gasteiger partial charge < -0.3 is 4.90 Å². The number of benzene rings is 2. The molecule has 1 amide bonds. The Hall–Kier alpha value is -3.09. The van der Waals surface area contributed by atoms with Crippen molar-refractivity contribution < 1.29 is 18.0 Å². The summed E-state index contributed by atoms with van der Waals surface area (Å²) in [5.41, 5.74) is 1.57. The molecule has 0 bridgehead atoms. The van der Waals surface area contributed by atoms with Crippen molar-refractivity contribution in [3.63, 3.8) is 0 Å². The minimum Gasteiger partial charge on any atom is -0.334 e. The van der Waals surface area contributed by atoms with Gasteiger partial charge in [-0.25, -0.2) is 4.68 Å². The van der Waals surface area contributed by atoms with Gasteiger partial charge in [-0.2, -0.15) is 18.3 Å². The first-order valence-corrected chi connectivity index (χ1v) is 8.93. The van der Waals surface area contributed by atoms with Crippen LogP contribution in [0.4, 0.5) is 13.2 Å². The van der Waals surface area contributed by atoms with E-state index in [0.29, 0.717) is 30.8 Å². The van der Waals surface area contributed by atoms with Crippen LogP contribution in [0.15, 0.2) is 54.7 Å². The Morgan fingerprint density at radius 1 is 1.04 bits per heavy atom. The Balaban J connectivity index is 1.75. The minimum absolute atomic E-state index is 0.294. The van der Waals surface area contributed by atoms with Crippen molar-refractivity contribution in [3.05, 3.63) is 82.7 Å². The molecule has 0 N–H and O–H groups in total. The lowest BCUT2D eigenvalue weighted by atomic mass is 9.99. The Labute approximate surface area is 160 Å². The zero-order valence-corrected chi connectivity index (χ0v) is 15.2. The Morgan fingerprint density at radius 2 is 1.71 bits per heavy atom. The summed E-state index contributed by atoms with van der Waals surface area (Å²) in [4.78, 5) is 14.4. The number of aromatic nitrogens is 2. The fourth-order valence-corrected chi connectivity index (χ4v) is 3.60. The molecule has 2 heterocycles. The van der Waals surface area contributed by atoms with Gasteiger partial charge in [0.15, 0.2) is 5.69 Å². The normalized spacial score (nSPS) is 14.1. The minimum atomic E-state index is -4.71. The second-order valence-corrected chi connectivity index (χ2v) is 6.85. The van der Waals surface area contributed by atoms with Crippen LogP contribution in [0.3, 0.4) is 0 Å². The highest BCUT2D eigenvalue weighted by Crippen LogP contribution is 2.35. The van der Waals surface area contributed by atoms with Crippen molar-refractivity contribution in [2.75, 3.05) is 6.54 Å². The second-order valence-electron chi connectivity index (χ2n) is 6.85. The number of amides is 1. The van der Waals surface area contributed by atoms with Crippen molar-refractivity contribution in [3.8, 4) is 5.69 Å². The molecular formula is C21H18F3N3O. The van der Waals surface area contributed by atoms with E-state index >= 15 is 0 Å². The van der Waals surface area contributed by atoms with E-state index in [0.717, 1.165) is 22.0 Å². The lowest BCUT2D eigenvalue weighted by Gasteiger charge is -2.29. The summed E-state index contributed by atoms with van der Waals surface area (Å²) >= 11 is 0. The third-order valence-electron chi connectivity index (χ3n) is 5.03. The average molecular weight is 385 g/mol. The highest BCUT2D eigenvalue weighted by atomic mass is 19.4. The molecule has 0 radical (unpaired) electrons. The fraction of sp³-hybridized carbons (Fsp3) is 0.238. The lowest BCUT2D eigenvalue weighted by molar-refractivity contribution is -0.143. The van der Waals surface area contributed by atoms with Crippen LogP contribution in [0.25, 0.3) is 5.69 Å². The van der Waals surface area contributed by atoms with E-state index in [1.807, 2.05) is 24.3 Å². The summed E-state index contributed by atoms with van der Waals surface area (Å²) in [6.07, 6.45) is -3.06. The van der Waals surface area contributed by atoms with Gasteiger partial charge in [-0.15, -0.1) is 0 Å². The lowest BCUT2D eigenvalue weighted by Crippen LogP contribution is -2.36. The van der Waals surface area contributed by atoms with Crippen LogP contribution in [-0.2, 0) is 19.1 Å². The standard InChI is InChI=1S/C21H18F3N3O/c1-14-6-2-5-9-18(14)27-19(21(22,23)24)17(12-25-27)20(28)26-11-10-15-7-3-4-8-16(15)13-26/h2-9,12H,10-11,13H2,1H3. The highest BCUT2D eigenvalue weighted by Gasteiger charge is 2.41. The SMILES string of the molecule is Cc1ccccc1-n1ncc(C(=O)N2CCc3ccccc3C2)c1C(F)(F)F. The van der Waals surface area contributed by atoms with E-state index in [1.165, 1.54) is 4.90 Å². The topological polar surface area (TPSA) is 38.1 Å². The number of fused-ring (bicyclic) bond motifs is 1. The molecule has 4 rings (SSSR count).